The first-order valence-corrected chi connectivity index (χ1v) is 20.9. The van der Waals surface area contributed by atoms with Gasteiger partial charge in [0.25, 0.3) is 0 Å². The highest BCUT2D eigenvalue weighted by Crippen LogP contribution is 2.00. The maximum Gasteiger partial charge on any atom is 0.508 e. The van der Waals surface area contributed by atoms with Gasteiger partial charge in [-0.2, -0.15) is 0 Å². The van der Waals surface area contributed by atoms with Gasteiger partial charge in [-0.25, -0.2) is 4.79 Å². The smallest absolute Gasteiger partial charge is 0.508 e. The van der Waals surface area contributed by atoms with Crippen LogP contribution in [0.3, 0.4) is 0 Å². The number of carboxylic acids is 2. The molecule has 1 saturated heterocycles. The van der Waals surface area contributed by atoms with Gasteiger partial charge in [-0.1, -0.05) is 118 Å². The maximum atomic E-state index is 11.0. The first kappa shape index (κ1) is 78.1. The summed E-state index contributed by atoms with van der Waals surface area (Å²) in [6.45, 7) is 29.0. The Bertz CT molecular complexity index is 1130. The van der Waals surface area contributed by atoms with Crippen LogP contribution in [0.4, 0.5) is 4.79 Å². The second-order valence-electron chi connectivity index (χ2n) is 15.3. The molecule has 1 heterocycles. The first-order valence-electron chi connectivity index (χ1n) is 20.9. The molecular weight excluding hydrogens is 880 g/mol. The van der Waals surface area contributed by atoms with E-state index < -0.39 is 18.1 Å². The second kappa shape index (κ2) is 50.9. The van der Waals surface area contributed by atoms with Crippen LogP contribution < -0.4 is 0 Å². The van der Waals surface area contributed by atoms with Crippen molar-refractivity contribution in [1.82, 2.24) is 0 Å². The topological polar surface area (TPSA) is 338 Å². The molecule has 0 aromatic rings. The van der Waals surface area contributed by atoms with E-state index >= 15 is 0 Å². The minimum atomic E-state index is -0.741. The summed E-state index contributed by atoms with van der Waals surface area (Å²) >= 11 is 0. The molecular formula is C44H85O22-. The molecule has 0 amide bonds. The zero-order valence-corrected chi connectivity index (χ0v) is 41.4. The molecule has 22 heteroatoms. The Balaban J connectivity index is -0.000000101. The zero-order chi connectivity index (χ0) is 51.5. The van der Waals surface area contributed by atoms with Crippen molar-refractivity contribution in [3.8, 4) is 0 Å². The van der Waals surface area contributed by atoms with Crippen LogP contribution in [0.5, 0.6) is 0 Å². The lowest BCUT2D eigenvalue weighted by Gasteiger charge is -2.08. The third kappa shape index (κ3) is 63.2. The van der Waals surface area contributed by atoms with Crippen LogP contribution in [-0.2, 0) is 76.3 Å². The van der Waals surface area contributed by atoms with Gasteiger partial charge in [0.15, 0.2) is 0 Å². The highest BCUT2D eigenvalue weighted by molar-refractivity contribution is 5.73. The largest absolute Gasteiger partial charge is 0.870 e. The van der Waals surface area contributed by atoms with Crippen molar-refractivity contribution in [2.24, 2.45) is 47.3 Å². The van der Waals surface area contributed by atoms with Crippen molar-refractivity contribution in [2.45, 2.75) is 118 Å². The van der Waals surface area contributed by atoms with Crippen LogP contribution in [-0.4, -0.2) is 146 Å². The molecule has 5 N–H and O–H groups in total. The average molecular weight is 966 g/mol. The summed E-state index contributed by atoms with van der Waals surface area (Å²) in [5, 5.41) is 32.4. The predicted molar refractivity (Wildman–Crippen MR) is 240 cm³/mol. The molecule has 22 nitrogen and oxygen atoms in total. The molecule has 0 atom stereocenters. The van der Waals surface area contributed by atoms with Crippen molar-refractivity contribution in [3.63, 3.8) is 0 Å². The van der Waals surface area contributed by atoms with E-state index in [1.165, 1.54) is 0 Å². The molecule has 0 spiro atoms. The Morgan fingerprint density at radius 1 is 0.394 bits per heavy atom. The summed E-state index contributed by atoms with van der Waals surface area (Å²) in [6, 6.07) is 0. The number of carbonyl (C=O) groups is 9. The third-order valence-electron chi connectivity index (χ3n) is 6.15. The lowest BCUT2D eigenvalue weighted by molar-refractivity contribution is -0.156. The number of hydrogen-bond donors (Lipinski definition) is 4. The minimum Gasteiger partial charge on any atom is -0.870 e. The third-order valence-corrected chi connectivity index (χ3v) is 6.15. The monoisotopic (exact) mass is 966 g/mol. The molecule has 394 valence electrons. The molecule has 0 saturated carbocycles. The predicted octanol–water partition coefficient (Wildman–Crippen LogP) is 5.19. The average Bonchev–Trinajstić information content (AvgIpc) is 3.70. The van der Waals surface area contributed by atoms with Gasteiger partial charge in [-0.3, -0.25) is 38.4 Å². The molecule has 0 aromatic carbocycles. The van der Waals surface area contributed by atoms with Crippen LogP contribution in [0.25, 0.3) is 0 Å². The molecule has 66 heavy (non-hydrogen) atoms. The number of rotatable bonds is 18. The van der Waals surface area contributed by atoms with Crippen LogP contribution in [0.1, 0.15) is 118 Å². The van der Waals surface area contributed by atoms with Crippen molar-refractivity contribution in [1.29, 1.82) is 0 Å². The quantitative estimate of drug-likeness (QED) is 0.0779. The lowest BCUT2D eigenvalue weighted by Crippen LogP contribution is -2.19. The molecule has 0 unspecified atom stereocenters. The van der Waals surface area contributed by atoms with Gasteiger partial charge >= 0.3 is 53.9 Å². The summed E-state index contributed by atoms with van der Waals surface area (Å²) in [5.74, 6) is -4.33. The normalized spacial score (nSPS) is 10.5. The minimum absolute atomic E-state index is 0. The Morgan fingerprint density at radius 2 is 0.545 bits per heavy atom. The van der Waals surface area contributed by atoms with E-state index in [2.05, 4.69) is 18.9 Å². The van der Waals surface area contributed by atoms with Gasteiger partial charge < -0.3 is 63.8 Å². The fraction of sp³-hybridized carbons (Fsp3) is 0.795. The van der Waals surface area contributed by atoms with Gasteiger partial charge in [0.05, 0.1) is 60.6 Å². The van der Waals surface area contributed by atoms with Crippen LogP contribution >= 0.6 is 0 Å². The first-order chi connectivity index (χ1) is 29.4. The Morgan fingerprint density at radius 3 is 0.636 bits per heavy atom. The Labute approximate surface area is 391 Å². The Hall–Kier alpha value is -5.09. The molecule has 0 radical (unpaired) electrons. The van der Waals surface area contributed by atoms with Gasteiger partial charge in [-0.15, -0.1) is 0 Å². The second-order valence-corrected chi connectivity index (χ2v) is 15.3. The van der Waals surface area contributed by atoms with Crippen molar-refractivity contribution in [2.75, 3.05) is 66.1 Å². The summed E-state index contributed by atoms with van der Waals surface area (Å²) in [4.78, 5) is 94.2. The van der Waals surface area contributed by atoms with Crippen molar-refractivity contribution < 1.29 is 107 Å². The van der Waals surface area contributed by atoms with E-state index in [0.717, 1.165) is 0 Å². The number of cyclic esters (lactones) is 2. The van der Waals surface area contributed by atoms with E-state index in [4.69, 9.17) is 39.4 Å². The molecule has 0 aromatic heterocycles. The number of aliphatic hydroxyl groups is 2. The molecule has 1 fully saturated rings. The van der Waals surface area contributed by atoms with Crippen molar-refractivity contribution in [3.05, 3.63) is 0 Å². The lowest BCUT2D eigenvalue weighted by atomic mass is 10.2. The summed E-state index contributed by atoms with van der Waals surface area (Å²) in [6.07, 6.45) is -0.546. The van der Waals surface area contributed by atoms with Crippen molar-refractivity contribution >= 4 is 53.9 Å². The summed E-state index contributed by atoms with van der Waals surface area (Å²) < 4.78 is 37.0. The zero-order valence-electron chi connectivity index (χ0n) is 41.4. The number of aliphatic carboxylic acids is 2. The van der Waals surface area contributed by atoms with E-state index in [9.17, 15) is 43.2 Å². The van der Waals surface area contributed by atoms with Gasteiger partial charge in [0.2, 0.25) is 0 Å². The van der Waals surface area contributed by atoms with E-state index in [-0.39, 0.29) is 149 Å². The molecule has 0 aliphatic carbocycles. The number of carboxylic acid groups (broad SMARTS) is 2. The fourth-order valence-electron chi connectivity index (χ4n) is 2.15. The van der Waals surface area contributed by atoms with Gasteiger partial charge in [-0.05, 0) is 0 Å². The van der Waals surface area contributed by atoms with Crippen LogP contribution in [0.15, 0.2) is 0 Å². The number of aliphatic hydroxyl groups excluding tert-OH is 2. The Kier molecular flexibility index (Phi) is 60.2. The van der Waals surface area contributed by atoms with E-state index in [1.54, 1.807) is 111 Å². The summed E-state index contributed by atoms with van der Waals surface area (Å²) in [7, 11) is 0. The number of carbonyl (C=O) groups excluding carboxylic acids is 7. The molecule has 0 bridgehead atoms. The van der Waals surface area contributed by atoms with E-state index in [0.29, 0.717) is 13.2 Å². The van der Waals surface area contributed by atoms with Gasteiger partial charge in [0.1, 0.15) is 52.9 Å². The summed E-state index contributed by atoms with van der Waals surface area (Å²) in [5.41, 5.74) is 0. The molecule has 1 aliphatic heterocycles. The standard InChI is InChI=1S/2C10H18O4.2C6H12O3.2C4H8O2.C3H4O3.CH4.H2O/c2*1-7(2)9(11)13-5-6-14-10(12)8(3)4;2*1-5(2)6(8)9-4-3-7;2*1-3(2)4(5)6;4-3-5-1-2-6-3;;/h2*7-8H,5-6H2,1-4H3;2*5,7H,3-4H2,1-2H3;2*3H,1-2H3,(H,5,6);1-2H2;1H4;1H2/p-1. The number of ether oxygens (including phenoxy) is 8. The molecule has 1 rings (SSSR count). The number of hydrogen-bond acceptors (Lipinski definition) is 20. The van der Waals surface area contributed by atoms with E-state index in [1.807, 2.05) is 0 Å². The molecule has 1 aliphatic rings. The fourth-order valence-corrected chi connectivity index (χ4v) is 2.15. The number of esters is 6. The SMILES string of the molecule is C.CC(C)C(=O)O.CC(C)C(=O)O.CC(C)C(=O)OCCO.CC(C)C(=O)OCCO.CC(C)C(=O)OCCOC(=O)C(C)C.CC(C)C(=O)OCCOC(=O)C(C)C.O=C1OCCO1.[OH-]. The van der Waals surface area contributed by atoms with Gasteiger partial charge in [0, 0.05) is 0 Å². The highest BCUT2D eigenvalue weighted by atomic mass is 16.8. The maximum absolute atomic E-state index is 11.0. The highest BCUT2D eigenvalue weighted by Gasteiger charge is 2.13. The van der Waals surface area contributed by atoms with Crippen LogP contribution in [0, 0.1) is 47.3 Å². The van der Waals surface area contributed by atoms with Crippen LogP contribution in [0.2, 0.25) is 0 Å².